The predicted octanol–water partition coefficient (Wildman–Crippen LogP) is 2.26. The zero-order valence-electron chi connectivity index (χ0n) is 10.2. The molecule has 0 saturated heterocycles. The Morgan fingerprint density at radius 2 is 1.80 bits per heavy atom. The topological polar surface area (TPSA) is 66.4 Å². The number of benzene rings is 2. The molecule has 0 aliphatic rings. The molecule has 4 nitrogen and oxygen atoms in total. The van der Waals surface area contributed by atoms with Crippen LogP contribution < -0.4 is 4.72 Å². The number of hydrogen-bond acceptors (Lipinski definition) is 3. The Morgan fingerprint density at radius 1 is 1.10 bits per heavy atom. The van der Waals surface area contributed by atoms with E-state index < -0.39 is 26.6 Å². The highest BCUT2D eigenvalue weighted by Gasteiger charge is 2.20. The smallest absolute Gasteiger partial charge is 0.264 e. The number of para-hydroxylation sites is 1. The van der Waals surface area contributed by atoms with Crippen LogP contribution in [0.4, 0.5) is 14.5 Å². The van der Waals surface area contributed by atoms with E-state index in [1.165, 1.54) is 12.1 Å². The van der Waals surface area contributed by atoms with Gasteiger partial charge in [0.1, 0.15) is 16.5 Å². The van der Waals surface area contributed by atoms with Crippen molar-refractivity contribution in [2.45, 2.75) is 11.5 Å². The summed E-state index contributed by atoms with van der Waals surface area (Å²) in [6.07, 6.45) is 0. The summed E-state index contributed by atoms with van der Waals surface area (Å²) in [6, 6.07) is 8.35. The Bertz CT molecular complexity index is 732. The molecule has 106 valence electrons. The van der Waals surface area contributed by atoms with Gasteiger partial charge in [0.15, 0.2) is 0 Å². The van der Waals surface area contributed by atoms with E-state index in [0.717, 1.165) is 12.1 Å². The lowest BCUT2D eigenvalue weighted by Crippen LogP contribution is -2.15. The number of nitrogens with one attached hydrogen (secondary N) is 1. The fourth-order valence-electron chi connectivity index (χ4n) is 1.65. The van der Waals surface area contributed by atoms with Gasteiger partial charge >= 0.3 is 0 Å². The van der Waals surface area contributed by atoms with Crippen molar-refractivity contribution in [2.75, 3.05) is 4.72 Å². The molecule has 0 unspecified atom stereocenters. The highest BCUT2D eigenvalue weighted by Crippen LogP contribution is 2.22. The zero-order chi connectivity index (χ0) is 14.8. The molecule has 0 heterocycles. The van der Waals surface area contributed by atoms with E-state index in [-0.39, 0.29) is 12.3 Å². The molecular weight excluding hydrogens is 288 g/mol. The molecule has 0 bridgehead atoms. The fraction of sp³-hybridized carbons (Fsp3) is 0.0769. The van der Waals surface area contributed by atoms with Crippen molar-refractivity contribution < 1.29 is 22.3 Å². The third-order valence-corrected chi connectivity index (χ3v) is 4.01. The van der Waals surface area contributed by atoms with Gasteiger partial charge in [-0.3, -0.25) is 4.72 Å². The van der Waals surface area contributed by atoms with E-state index >= 15 is 0 Å². The van der Waals surface area contributed by atoms with Crippen LogP contribution in [0.25, 0.3) is 0 Å². The maximum atomic E-state index is 13.5. The normalized spacial score (nSPS) is 11.3. The highest BCUT2D eigenvalue weighted by atomic mass is 32.2. The Labute approximate surface area is 114 Å². The van der Waals surface area contributed by atoms with E-state index in [4.69, 9.17) is 5.11 Å². The van der Waals surface area contributed by atoms with E-state index in [0.29, 0.717) is 11.6 Å². The van der Waals surface area contributed by atoms with Gasteiger partial charge in [-0.15, -0.1) is 0 Å². The lowest BCUT2D eigenvalue weighted by atomic mass is 10.2. The highest BCUT2D eigenvalue weighted by molar-refractivity contribution is 7.92. The van der Waals surface area contributed by atoms with Gasteiger partial charge in [0.25, 0.3) is 10.0 Å². The number of aliphatic hydroxyl groups is 1. The second-order valence-corrected chi connectivity index (χ2v) is 5.65. The average molecular weight is 299 g/mol. The van der Waals surface area contributed by atoms with Gasteiger partial charge < -0.3 is 5.11 Å². The maximum Gasteiger partial charge on any atom is 0.264 e. The summed E-state index contributed by atoms with van der Waals surface area (Å²) in [5.74, 6) is -2.05. The third-order valence-electron chi connectivity index (χ3n) is 2.62. The number of halogens is 2. The molecule has 2 rings (SSSR count). The van der Waals surface area contributed by atoms with Gasteiger partial charge in [-0.25, -0.2) is 17.2 Å². The van der Waals surface area contributed by atoms with Crippen LogP contribution in [0.5, 0.6) is 0 Å². The standard InChI is InChI=1S/C13H11F2NO3S/c14-10-5-6-13(11(15)7-10)20(18,19)16-12-4-2-1-3-9(12)8-17/h1-7,16-17H,8H2. The second-order valence-electron chi connectivity index (χ2n) is 4.00. The summed E-state index contributed by atoms with van der Waals surface area (Å²) in [7, 11) is -4.20. The van der Waals surface area contributed by atoms with Crippen LogP contribution in [0.2, 0.25) is 0 Å². The van der Waals surface area contributed by atoms with E-state index in [2.05, 4.69) is 4.72 Å². The summed E-state index contributed by atoms with van der Waals surface area (Å²) in [4.78, 5) is -0.661. The van der Waals surface area contributed by atoms with E-state index in [1.807, 2.05) is 0 Å². The number of anilines is 1. The SMILES string of the molecule is O=S(=O)(Nc1ccccc1CO)c1ccc(F)cc1F. The first-order chi connectivity index (χ1) is 9.44. The summed E-state index contributed by atoms with van der Waals surface area (Å²) in [5, 5.41) is 9.12. The van der Waals surface area contributed by atoms with Crippen molar-refractivity contribution in [3.8, 4) is 0 Å². The van der Waals surface area contributed by atoms with Crippen molar-refractivity contribution in [1.82, 2.24) is 0 Å². The summed E-state index contributed by atoms with van der Waals surface area (Å²) in [5.41, 5.74) is 0.484. The summed E-state index contributed by atoms with van der Waals surface area (Å²) < 4.78 is 52.6. The molecular formula is C13H11F2NO3S. The van der Waals surface area contributed by atoms with Crippen LogP contribution in [0.15, 0.2) is 47.4 Å². The zero-order valence-corrected chi connectivity index (χ0v) is 11.0. The molecule has 0 radical (unpaired) electrons. The van der Waals surface area contributed by atoms with Gasteiger partial charge in [-0.05, 0) is 18.2 Å². The lowest BCUT2D eigenvalue weighted by molar-refractivity contribution is 0.282. The number of rotatable bonds is 4. The van der Waals surface area contributed by atoms with Crippen LogP contribution in [-0.2, 0) is 16.6 Å². The molecule has 2 aromatic carbocycles. The number of sulfonamides is 1. The Balaban J connectivity index is 2.41. The molecule has 0 aromatic heterocycles. The molecule has 0 amide bonds. The van der Waals surface area contributed by atoms with Crippen LogP contribution >= 0.6 is 0 Å². The van der Waals surface area contributed by atoms with Gasteiger partial charge in [0.2, 0.25) is 0 Å². The predicted molar refractivity (Wildman–Crippen MR) is 69.5 cm³/mol. The van der Waals surface area contributed by atoms with Crippen molar-refractivity contribution in [3.05, 3.63) is 59.7 Å². The first kappa shape index (κ1) is 14.4. The summed E-state index contributed by atoms with van der Waals surface area (Å²) >= 11 is 0. The Kier molecular flexibility index (Phi) is 4.01. The first-order valence-corrected chi connectivity index (χ1v) is 7.09. The van der Waals surface area contributed by atoms with Crippen molar-refractivity contribution in [1.29, 1.82) is 0 Å². The molecule has 2 aromatic rings. The van der Waals surface area contributed by atoms with Gasteiger partial charge in [-0.2, -0.15) is 0 Å². The molecule has 7 heteroatoms. The lowest BCUT2D eigenvalue weighted by Gasteiger charge is -2.11. The number of hydrogen-bond donors (Lipinski definition) is 2. The third kappa shape index (κ3) is 2.94. The van der Waals surface area contributed by atoms with Crippen LogP contribution in [0.1, 0.15) is 5.56 Å². The monoisotopic (exact) mass is 299 g/mol. The molecule has 2 N–H and O–H groups in total. The van der Waals surface area contributed by atoms with Crippen molar-refractivity contribution in [3.63, 3.8) is 0 Å². The average Bonchev–Trinajstić information content (AvgIpc) is 2.38. The van der Waals surface area contributed by atoms with Gasteiger partial charge in [0, 0.05) is 11.6 Å². The molecule has 0 aliphatic heterocycles. The molecule has 0 aliphatic carbocycles. The Hall–Kier alpha value is -1.99. The van der Waals surface area contributed by atoms with Crippen LogP contribution in [0.3, 0.4) is 0 Å². The molecule has 20 heavy (non-hydrogen) atoms. The minimum Gasteiger partial charge on any atom is -0.392 e. The van der Waals surface area contributed by atoms with Gasteiger partial charge in [0.05, 0.1) is 12.3 Å². The fourth-order valence-corrected chi connectivity index (χ4v) is 2.81. The second kappa shape index (κ2) is 5.56. The minimum atomic E-state index is -4.20. The largest absolute Gasteiger partial charge is 0.392 e. The molecule has 0 saturated carbocycles. The first-order valence-electron chi connectivity index (χ1n) is 5.60. The maximum absolute atomic E-state index is 13.5. The van der Waals surface area contributed by atoms with Gasteiger partial charge in [-0.1, -0.05) is 18.2 Å². The molecule has 0 spiro atoms. The van der Waals surface area contributed by atoms with E-state index in [9.17, 15) is 17.2 Å². The minimum absolute atomic E-state index is 0.138. The van der Waals surface area contributed by atoms with Crippen LogP contribution in [0, 0.1) is 11.6 Å². The quantitative estimate of drug-likeness (QED) is 0.910. The Morgan fingerprint density at radius 3 is 2.45 bits per heavy atom. The van der Waals surface area contributed by atoms with Crippen molar-refractivity contribution in [2.24, 2.45) is 0 Å². The van der Waals surface area contributed by atoms with E-state index in [1.54, 1.807) is 12.1 Å². The molecule has 0 atom stereocenters. The van der Waals surface area contributed by atoms with Crippen molar-refractivity contribution >= 4 is 15.7 Å². The molecule has 0 fully saturated rings. The number of aliphatic hydroxyl groups excluding tert-OH is 1. The summed E-state index contributed by atoms with van der Waals surface area (Å²) in [6.45, 7) is -0.370. The van der Waals surface area contributed by atoms with Crippen LogP contribution in [-0.4, -0.2) is 13.5 Å².